The zero-order chi connectivity index (χ0) is 12.9. The van der Waals surface area contributed by atoms with Crippen LogP contribution in [0.3, 0.4) is 0 Å². The second kappa shape index (κ2) is 5.91. The molecule has 0 radical (unpaired) electrons. The van der Waals surface area contributed by atoms with Crippen molar-refractivity contribution in [3.63, 3.8) is 0 Å². The molecule has 0 aliphatic carbocycles. The molecule has 4 nitrogen and oxygen atoms in total. The van der Waals surface area contributed by atoms with Gasteiger partial charge in [-0.3, -0.25) is 4.31 Å². The highest BCUT2D eigenvalue weighted by molar-refractivity contribution is 7.92. The Labute approximate surface area is 103 Å². The summed E-state index contributed by atoms with van der Waals surface area (Å²) in [6.07, 6.45) is 1.49. The molecule has 0 unspecified atom stereocenters. The van der Waals surface area contributed by atoms with Crippen molar-refractivity contribution in [2.45, 2.75) is 26.7 Å². The van der Waals surface area contributed by atoms with Gasteiger partial charge in [-0.05, 0) is 25.5 Å². The summed E-state index contributed by atoms with van der Waals surface area (Å²) in [5, 5.41) is 9.38. The van der Waals surface area contributed by atoms with E-state index in [1.54, 1.807) is 19.1 Å². The van der Waals surface area contributed by atoms with E-state index in [1.807, 2.05) is 6.92 Å². The van der Waals surface area contributed by atoms with Crippen molar-refractivity contribution in [3.05, 3.63) is 24.3 Å². The minimum Gasteiger partial charge on any atom is -0.508 e. The van der Waals surface area contributed by atoms with E-state index in [0.29, 0.717) is 18.7 Å². The van der Waals surface area contributed by atoms with Gasteiger partial charge < -0.3 is 5.11 Å². The van der Waals surface area contributed by atoms with Crippen molar-refractivity contribution in [2.24, 2.45) is 0 Å². The number of phenolic OH excluding ortho intramolecular Hbond substituents is 1. The van der Waals surface area contributed by atoms with Gasteiger partial charge in [-0.25, -0.2) is 8.42 Å². The van der Waals surface area contributed by atoms with E-state index in [4.69, 9.17) is 0 Å². The van der Waals surface area contributed by atoms with Crippen molar-refractivity contribution in [3.8, 4) is 5.75 Å². The molecule has 1 N–H and O–H groups in total. The van der Waals surface area contributed by atoms with Gasteiger partial charge in [0.05, 0.1) is 11.4 Å². The van der Waals surface area contributed by atoms with E-state index in [-0.39, 0.29) is 11.5 Å². The number of aromatic hydroxyl groups is 1. The summed E-state index contributed by atoms with van der Waals surface area (Å²) >= 11 is 0. The lowest BCUT2D eigenvalue weighted by molar-refractivity contribution is 0.475. The number of nitrogens with zero attached hydrogens (tertiary/aromatic N) is 1. The second-order valence-corrected chi connectivity index (χ2v) is 5.87. The highest BCUT2D eigenvalue weighted by Crippen LogP contribution is 2.23. The van der Waals surface area contributed by atoms with E-state index in [9.17, 15) is 13.5 Å². The number of benzene rings is 1. The SMILES string of the molecule is CCCCS(=O)(=O)N(CC)c1cccc(O)c1. The van der Waals surface area contributed by atoms with Crippen LogP contribution in [0.2, 0.25) is 0 Å². The van der Waals surface area contributed by atoms with Crippen molar-refractivity contribution in [1.29, 1.82) is 0 Å². The van der Waals surface area contributed by atoms with E-state index in [1.165, 1.54) is 16.4 Å². The summed E-state index contributed by atoms with van der Waals surface area (Å²) in [4.78, 5) is 0. The molecule has 0 atom stereocenters. The fourth-order valence-corrected chi connectivity index (χ4v) is 3.33. The van der Waals surface area contributed by atoms with Crippen LogP contribution in [0, 0.1) is 0 Å². The Kier molecular flexibility index (Phi) is 4.81. The van der Waals surface area contributed by atoms with Gasteiger partial charge in [0, 0.05) is 12.6 Å². The van der Waals surface area contributed by atoms with Crippen LogP contribution < -0.4 is 4.31 Å². The van der Waals surface area contributed by atoms with Crippen LogP contribution in [0.15, 0.2) is 24.3 Å². The molecule has 0 aromatic heterocycles. The van der Waals surface area contributed by atoms with Crippen LogP contribution >= 0.6 is 0 Å². The Morgan fingerprint density at radius 3 is 2.53 bits per heavy atom. The molecule has 5 heteroatoms. The highest BCUT2D eigenvalue weighted by Gasteiger charge is 2.20. The highest BCUT2D eigenvalue weighted by atomic mass is 32.2. The Balaban J connectivity index is 2.99. The van der Waals surface area contributed by atoms with Crippen LogP contribution in [-0.2, 0) is 10.0 Å². The van der Waals surface area contributed by atoms with Gasteiger partial charge in [0.15, 0.2) is 0 Å². The number of phenols is 1. The lowest BCUT2D eigenvalue weighted by atomic mass is 10.3. The third kappa shape index (κ3) is 3.63. The van der Waals surface area contributed by atoms with Gasteiger partial charge in [-0.15, -0.1) is 0 Å². The van der Waals surface area contributed by atoms with Gasteiger partial charge >= 0.3 is 0 Å². The maximum atomic E-state index is 12.1. The van der Waals surface area contributed by atoms with Crippen LogP contribution in [0.5, 0.6) is 5.75 Å². The smallest absolute Gasteiger partial charge is 0.235 e. The number of unbranched alkanes of at least 4 members (excludes halogenated alkanes) is 1. The minimum atomic E-state index is -3.28. The molecule has 0 fully saturated rings. The van der Waals surface area contributed by atoms with Crippen LogP contribution in [-0.4, -0.2) is 25.8 Å². The minimum absolute atomic E-state index is 0.0756. The third-order valence-electron chi connectivity index (χ3n) is 2.50. The topological polar surface area (TPSA) is 57.6 Å². The number of hydrogen-bond acceptors (Lipinski definition) is 3. The van der Waals surface area contributed by atoms with E-state index in [2.05, 4.69) is 0 Å². The van der Waals surface area contributed by atoms with Gasteiger partial charge in [-0.1, -0.05) is 19.4 Å². The van der Waals surface area contributed by atoms with Crippen molar-refractivity contribution < 1.29 is 13.5 Å². The molecule has 0 saturated heterocycles. The molecule has 0 bridgehead atoms. The van der Waals surface area contributed by atoms with E-state index >= 15 is 0 Å². The molecule has 0 spiro atoms. The number of rotatable bonds is 6. The lowest BCUT2D eigenvalue weighted by Gasteiger charge is -2.22. The lowest BCUT2D eigenvalue weighted by Crippen LogP contribution is -2.32. The zero-order valence-corrected chi connectivity index (χ0v) is 11.1. The van der Waals surface area contributed by atoms with Crippen LogP contribution in [0.1, 0.15) is 26.7 Å². The molecule has 1 aromatic rings. The summed E-state index contributed by atoms with van der Waals surface area (Å²) in [7, 11) is -3.28. The first-order valence-corrected chi connectivity index (χ1v) is 7.41. The van der Waals surface area contributed by atoms with Gasteiger partial charge in [0.25, 0.3) is 0 Å². The number of hydrogen-bond donors (Lipinski definition) is 1. The Hall–Kier alpha value is -1.23. The summed E-state index contributed by atoms with van der Waals surface area (Å²) in [5.41, 5.74) is 0.517. The van der Waals surface area contributed by atoms with E-state index < -0.39 is 10.0 Å². The molecule has 1 aromatic carbocycles. The third-order valence-corrected chi connectivity index (χ3v) is 4.44. The molecule has 17 heavy (non-hydrogen) atoms. The predicted octanol–water partition coefficient (Wildman–Crippen LogP) is 2.35. The monoisotopic (exact) mass is 257 g/mol. The Bertz CT molecular complexity index is 457. The molecule has 0 aliphatic rings. The molecular weight excluding hydrogens is 238 g/mol. The van der Waals surface area contributed by atoms with Crippen LogP contribution in [0.4, 0.5) is 5.69 Å². The second-order valence-electron chi connectivity index (χ2n) is 3.85. The summed E-state index contributed by atoms with van der Waals surface area (Å²) in [6.45, 7) is 4.11. The maximum absolute atomic E-state index is 12.1. The molecular formula is C12H19NO3S. The van der Waals surface area contributed by atoms with Crippen molar-refractivity contribution in [1.82, 2.24) is 0 Å². The Morgan fingerprint density at radius 1 is 1.29 bits per heavy atom. The van der Waals surface area contributed by atoms with Gasteiger partial charge in [-0.2, -0.15) is 0 Å². The van der Waals surface area contributed by atoms with E-state index in [0.717, 1.165) is 6.42 Å². The average molecular weight is 257 g/mol. The molecule has 0 amide bonds. The van der Waals surface area contributed by atoms with Crippen molar-refractivity contribution in [2.75, 3.05) is 16.6 Å². The van der Waals surface area contributed by atoms with Crippen molar-refractivity contribution >= 4 is 15.7 Å². The van der Waals surface area contributed by atoms with Gasteiger partial charge in [0.2, 0.25) is 10.0 Å². The fraction of sp³-hybridized carbons (Fsp3) is 0.500. The summed E-state index contributed by atoms with van der Waals surface area (Å²) in [6, 6.07) is 6.32. The first kappa shape index (κ1) is 13.8. The number of sulfonamides is 1. The molecule has 0 aliphatic heterocycles. The zero-order valence-electron chi connectivity index (χ0n) is 10.3. The van der Waals surface area contributed by atoms with Gasteiger partial charge in [0.1, 0.15) is 5.75 Å². The standard InChI is InChI=1S/C12H19NO3S/c1-3-5-9-17(15,16)13(4-2)11-7-6-8-12(14)10-11/h6-8,10,14H,3-5,9H2,1-2H3. The fourth-order valence-electron chi connectivity index (χ4n) is 1.62. The summed E-state index contributed by atoms with van der Waals surface area (Å²) in [5.74, 6) is 0.221. The normalized spacial score (nSPS) is 11.4. The maximum Gasteiger partial charge on any atom is 0.235 e. The quantitative estimate of drug-likeness (QED) is 0.851. The first-order valence-electron chi connectivity index (χ1n) is 5.80. The first-order chi connectivity index (χ1) is 8.01. The Morgan fingerprint density at radius 2 is 2.00 bits per heavy atom. The predicted molar refractivity (Wildman–Crippen MR) is 69.8 cm³/mol. The summed E-state index contributed by atoms with van der Waals surface area (Å²) < 4.78 is 25.5. The molecule has 0 heterocycles. The molecule has 1 rings (SSSR count). The largest absolute Gasteiger partial charge is 0.508 e. The molecule has 0 saturated carbocycles. The average Bonchev–Trinajstić information content (AvgIpc) is 2.27. The van der Waals surface area contributed by atoms with Crippen LogP contribution in [0.25, 0.3) is 0 Å². The number of anilines is 1. The molecule has 96 valence electrons.